The Morgan fingerprint density at radius 1 is 1.00 bits per heavy atom. The second-order valence-corrected chi connectivity index (χ2v) is 8.61. The Morgan fingerprint density at radius 3 is 2.41 bits per heavy atom. The van der Waals surface area contributed by atoms with E-state index in [1.165, 1.54) is 24.0 Å². The van der Waals surface area contributed by atoms with E-state index < -0.39 is 5.97 Å². The van der Waals surface area contributed by atoms with Gasteiger partial charge in [-0.2, -0.15) is 0 Å². The molecule has 7 nitrogen and oxygen atoms in total. The number of hydrogen-bond acceptors (Lipinski definition) is 6. The number of carboxylic acid groups (broad SMARTS) is 1. The van der Waals surface area contributed by atoms with Crippen LogP contribution < -0.4 is 10.6 Å². The molecule has 2 heterocycles. The van der Waals surface area contributed by atoms with E-state index in [-0.39, 0.29) is 17.9 Å². The van der Waals surface area contributed by atoms with Crippen molar-refractivity contribution in [2.45, 2.75) is 20.3 Å². The van der Waals surface area contributed by atoms with Crippen molar-refractivity contribution in [3.05, 3.63) is 70.9 Å². The molecule has 8 heteroatoms. The lowest BCUT2D eigenvalue weighted by atomic mass is 10.0. The molecule has 2 aromatic carbocycles. The van der Waals surface area contributed by atoms with Crippen molar-refractivity contribution in [1.29, 1.82) is 0 Å². The molecule has 0 bridgehead atoms. The van der Waals surface area contributed by atoms with Gasteiger partial charge in [0.15, 0.2) is 0 Å². The molecule has 4 aromatic rings. The first-order valence-corrected chi connectivity index (χ1v) is 10.9. The number of carboxylic acids is 1. The molecule has 0 atom stereocenters. The zero-order valence-corrected chi connectivity index (χ0v) is 18.5. The van der Waals surface area contributed by atoms with Crippen LogP contribution in [-0.2, 0) is 4.79 Å². The van der Waals surface area contributed by atoms with Gasteiger partial charge in [0.2, 0.25) is 5.91 Å². The largest absolute Gasteiger partial charge is 0.478 e. The number of amides is 1. The Balaban J connectivity index is 1.47. The van der Waals surface area contributed by atoms with Gasteiger partial charge in [-0.1, -0.05) is 29.8 Å². The van der Waals surface area contributed by atoms with Crippen molar-refractivity contribution < 1.29 is 14.7 Å². The summed E-state index contributed by atoms with van der Waals surface area (Å²) in [6, 6.07) is 14.4. The molecule has 0 aliphatic rings. The minimum absolute atomic E-state index is 0.174. The van der Waals surface area contributed by atoms with Crippen LogP contribution in [0.2, 0.25) is 0 Å². The van der Waals surface area contributed by atoms with E-state index in [1.54, 1.807) is 23.5 Å². The summed E-state index contributed by atoms with van der Waals surface area (Å²) >= 11 is 1.62. The standard InChI is InChI=1S/C24H22N4O3S/c1-14-3-5-16(6-4-14)20-15(2)32-23-21(20)22(26-13-27-23)25-12-11-19(29)28-18-9-7-17(8-10-18)24(30)31/h3-10,13H,11-12H2,1-2H3,(H,28,29)(H,30,31)(H,25,26,27). The van der Waals surface area contributed by atoms with E-state index in [2.05, 4.69) is 58.7 Å². The molecule has 0 aliphatic carbocycles. The summed E-state index contributed by atoms with van der Waals surface area (Å²) in [5.41, 5.74) is 4.15. The zero-order chi connectivity index (χ0) is 22.7. The molecule has 162 valence electrons. The summed E-state index contributed by atoms with van der Waals surface area (Å²) < 4.78 is 0. The van der Waals surface area contributed by atoms with Gasteiger partial charge in [0, 0.05) is 29.1 Å². The Morgan fingerprint density at radius 2 is 1.72 bits per heavy atom. The summed E-state index contributed by atoms with van der Waals surface area (Å²) in [4.78, 5) is 34.2. The van der Waals surface area contributed by atoms with Gasteiger partial charge in [-0.3, -0.25) is 4.79 Å². The monoisotopic (exact) mass is 446 g/mol. The number of carbonyl (C=O) groups is 2. The van der Waals surface area contributed by atoms with Crippen LogP contribution in [0.15, 0.2) is 54.9 Å². The van der Waals surface area contributed by atoms with Gasteiger partial charge in [-0.15, -0.1) is 11.3 Å². The number of thiophene rings is 1. The van der Waals surface area contributed by atoms with Gasteiger partial charge in [-0.25, -0.2) is 14.8 Å². The normalized spacial score (nSPS) is 10.8. The number of anilines is 2. The average Bonchev–Trinajstić information content (AvgIpc) is 3.11. The molecule has 0 saturated heterocycles. The Labute approximate surface area is 189 Å². The minimum atomic E-state index is -1.00. The van der Waals surface area contributed by atoms with Crippen LogP contribution in [0.5, 0.6) is 0 Å². The summed E-state index contributed by atoms with van der Waals surface area (Å²) in [5, 5.41) is 16.0. The topological polar surface area (TPSA) is 104 Å². The van der Waals surface area contributed by atoms with Crippen LogP contribution in [-0.4, -0.2) is 33.5 Å². The van der Waals surface area contributed by atoms with E-state index in [4.69, 9.17) is 5.11 Å². The third-order valence-electron chi connectivity index (χ3n) is 5.06. The second kappa shape index (κ2) is 9.15. The molecule has 1 amide bonds. The SMILES string of the molecule is Cc1ccc(-c2c(C)sc3ncnc(NCCC(=O)Nc4ccc(C(=O)O)cc4)c23)cc1. The van der Waals surface area contributed by atoms with Crippen molar-refractivity contribution in [3.63, 3.8) is 0 Å². The highest BCUT2D eigenvalue weighted by Gasteiger charge is 2.17. The molecule has 0 spiro atoms. The molecule has 4 rings (SSSR count). The summed E-state index contributed by atoms with van der Waals surface area (Å²) in [5.74, 6) is -0.475. The van der Waals surface area contributed by atoms with E-state index in [0.717, 1.165) is 26.2 Å². The van der Waals surface area contributed by atoms with E-state index in [1.807, 2.05) is 0 Å². The first-order valence-electron chi connectivity index (χ1n) is 10.1. The Kier molecular flexibility index (Phi) is 6.13. The molecule has 3 N–H and O–H groups in total. The number of hydrogen-bond donors (Lipinski definition) is 3. The van der Waals surface area contributed by atoms with Crippen molar-refractivity contribution in [1.82, 2.24) is 9.97 Å². The second-order valence-electron chi connectivity index (χ2n) is 7.41. The van der Waals surface area contributed by atoms with Gasteiger partial charge in [0.05, 0.1) is 10.9 Å². The van der Waals surface area contributed by atoms with Gasteiger partial charge >= 0.3 is 5.97 Å². The van der Waals surface area contributed by atoms with Crippen LogP contribution in [0, 0.1) is 13.8 Å². The quantitative estimate of drug-likeness (QED) is 0.364. The molecule has 2 aromatic heterocycles. The summed E-state index contributed by atoms with van der Waals surface area (Å²) in [7, 11) is 0. The lowest BCUT2D eigenvalue weighted by molar-refractivity contribution is -0.115. The van der Waals surface area contributed by atoms with Crippen LogP contribution in [0.3, 0.4) is 0 Å². The number of aryl methyl sites for hydroxylation is 2. The number of rotatable bonds is 7. The smallest absolute Gasteiger partial charge is 0.335 e. The highest BCUT2D eigenvalue weighted by molar-refractivity contribution is 7.19. The highest BCUT2D eigenvalue weighted by atomic mass is 32.1. The van der Waals surface area contributed by atoms with Gasteiger partial charge in [0.1, 0.15) is 17.0 Å². The maximum absolute atomic E-state index is 12.3. The first-order chi connectivity index (χ1) is 15.4. The Bertz CT molecular complexity index is 1280. The molecular weight excluding hydrogens is 424 g/mol. The molecule has 0 aliphatic heterocycles. The van der Waals surface area contributed by atoms with Gasteiger partial charge in [0.25, 0.3) is 0 Å². The molecule has 0 unspecified atom stereocenters. The summed E-state index contributed by atoms with van der Waals surface area (Å²) in [6.07, 6.45) is 1.76. The van der Waals surface area contributed by atoms with Crippen LogP contribution in [0.25, 0.3) is 21.3 Å². The third-order valence-corrected chi connectivity index (χ3v) is 6.08. The number of benzene rings is 2. The number of aromatic carboxylic acids is 1. The van der Waals surface area contributed by atoms with E-state index in [0.29, 0.717) is 18.1 Å². The minimum Gasteiger partial charge on any atom is -0.478 e. The summed E-state index contributed by atoms with van der Waals surface area (Å²) in [6.45, 7) is 4.53. The third kappa shape index (κ3) is 4.60. The molecule has 0 fully saturated rings. The number of aromatic nitrogens is 2. The van der Waals surface area contributed by atoms with Gasteiger partial charge in [-0.05, 0) is 43.7 Å². The molecule has 32 heavy (non-hydrogen) atoms. The maximum atomic E-state index is 12.3. The molecule has 0 radical (unpaired) electrons. The molecular formula is C24H22N4O3S. The predicted octanol–water partition coefficient (Wildman–Crippen LogP) is 5.11. The number of fused-ring (bicyclic) bond motifs is 1. The van der Waals surface area contributed by atoms with Crippen molar-refractivity contribution >= 4 is 44.9 Å². The van der Waals surface area contributed by atoms with Crippen LogP contribution in [0.4, 0.5) is 11.5 Å². The maximum Gasteiger partial charge on any atom is 0.335 e. The fraction of sp³-hybridized carbons (Fsp3) is 0.167. The van der Waals surface area contributed by atoms with Crippen molar-refractivity contribution in [2.75, 3.05) is 17.2 Å². The average molecular weight is 447 g/mol. The highest BCUT2D eigenvalue weighted by Crippen LogP contribution is 2.40. The van der Waals surface area contributed by atoms with Crippen LogP contribution in [0.1, 0.15) is 27.2 Å². The van der Waals surface area contributed by atoms with Crippen LogP contribution >= 0.6 is 11.3 Å². The van der Waals surface area contributed by atoms with E-state index in [9.17, 15) is 9.59 Å². The van der Waals surface area contributed by atoms with E-state index >= 15 is 0 Å². The lowest BCUT2D eigenvalue weighted by Crippen LogP contribution is -2.16. The number of nitrogens with one attached hydrogen (secondary N) is 2. The number of nitrogens with zero attached hydrogens (tertiary/aromatic N) is 2. The van der Waals surface area contributed by atoms with Crippen molar-refractivity contribution in [2.24, 2.45) is 0 Å². The fourth-order valence-corrected chi connectivity index (χ4v) is 4.47. The Hall–Kier alpha value is -3.78. The fourth-order valence-electron chi connectivity index (χ4n) is 3.46. The van der Waals surface area contributed by atoms with Crippen molar-refractivity contribution in [3.8, 4) is 11.1 Å². The lowest BCUT2D eigenvalue weighted by Gasteiger charge is -2.10. The van der Waals surface area contributed by atoms with Gasteiger partial charge < -0.3 is 15.7 Å². The zero-order valence-electron chi connectivity index (χ0n) is 17.7. The number of carbonyl (C=O) groups excluding carboxylic acids is 1. The molecule has 0 saturated carbocycles. The first kappa shape index (κ1) is 21.5. The predicted molar refractivity (Wildman–Crippen MR) is 127 cm³/mol.